The van der Waals surface area contributed by atoms with E-state index in [1.54, 1.807) is 13.8 Å². The van der Waals surface area contributed by atoms with Crippen molar-refractivity contribution < 1.29 is 19.4 Å². The van der Waals surface area contributed by atoms with Gasteiger partial charge < -0.3 is 20.5 Å². The van der Waals surface area contributed by atoms with E-state index in [9.17, 15) is 14.7 Å². The Morgan fingerprint density at radius 3 is 1.27 bits per heavy atom. The molecule has 8 heteroatoms. The number of aliphatic hydroxyl groups is 1. The van der Waals surface area contributed by atoms with Crippen LogP contribution in [0.1, 0.15) is 128 Å². The van der Waals surface area contributed by atoms with Crippen LogP contribution in [-0.2, 0) is 14.3 Å². The van der Waals surface area contributed by atoms with Gasteiger partial charge in [0.1, 0.15) is 5.60 Å². The number of hydrogen-bond acceptors (Lipinski definition) is 6. The van der Waals surface area contributed by atoms with Crippen molar-refractivity contribution in [1.29, 1.82) is 0 Å². The Labute approximate surface area is 330 Å². The SMILES string of the molecule is C=C(C)O[C@@](C)(C(=O)N[C@H](C1=NC=C(c2ccc(-c3ccc(C4=CN=C([C@@H](NC(=O)[C@](C)(O)C(C)(C)C)C(C)(C)C)C4)cc3)cc2)C1)C(C)(C)C)C(C)(C)C. The molecule has 0 spiro atoms. The van der Waals surface area contributed by atoms with Crippen LogP contribution < -0.4 is 10.6 Å². The van der Waals surface area contributed by atoms with E-state index in [0.717, 1.165) is 44.8 Å². The second-order valence-electron chi connectivity index (χ2n) is 20.0. The number of benzene rings is 2. The number of ether oxygens (including phenoxy) is 1. The van der Waals surface area contributed by atoms with E-state index in [2.05, 4.69) is 107 Å². The van der Waals surface area contributed by atoms with Crippen molar-refractivity contribution in [1.82, 2.24) is 10.6 Å². The van der Waals surface area contributed by atoms with Crippen molar-refractivity contribution in [2.75, 3.05) is 0 Å². The number of aliphatic imine (C=N–C) groups is 2. The van der Waals surface area contributed by atoms with E-state index >= 15 is 0 Å². The summed E-state index contributed by atoms with van der Waals surface area (Å²) in [6.07, 6.45) is 5.07. The van der Waals surface area contributed by atoms with Crippen molar-refractivity contribution >= 4 is 34.4 Å². The third-order valence-electron chi connectivity index (χ3n) is 11.5. The van der Waals surface area contributed by atoms with Crippen LogP contribution in [0.25, 0.3) is 22.3 Å². The minimum absolute atomic E-state index is 0.184. The monoisotopic (exact) mass is 751 g/mol. The molecule has 0 saturated carbocycles. The fourth-order valence-electron chi connectivity index (χ4n) is 6.72. The molecule has 0 aromatic heterocycles. The highest BCUT2D eigenvalue weighted by Gasteiger charge is 2.49. The van der Waals surface area contributed by atoms with Crippen molar-refractivity contribution in [3.63, 3.8) is 0 Å². The van der Waals surface area contributed by atoms with Gasteiger partial charge in [0.15, 0.2) is 5.60 Å². The largest absolute Gasteiger partial charge is 0.482 e. The summed E-state index contributed by atoms with van der Waals surface area (Å²) in [6, 6.07) is 16.4. The zero-order valence-corrected chi connectivity index (χ0v) is 36.1. The molecule has 55 heavy (non-hydrogen) atoms. The molecular formula is C47H66N4O4. The van der Waals surface area contributed by atoms with Crippen LogP contribution in [0.15, 0.2) is 83.3 Å². The van der Waals surface area contributed by atoms with Gasteiger partial charge in [0.25, 0.3) is 11.8 Å². The molecular weight excluding hydrogens is 685 g/mol. The molecule has 3 N–H and O–H groups in total. The number of nitrogens with zero attached hydrogens (tertiary/aromatic N) is 2. The summed E-state index contributed by atoms with van der Waals surface area (Å²) in [6.45, 7) is 33.2. The average molecular weight is 751 g/mol. The number of hydrogen-bond donors (Lipinski definition) is 3. The molecule has 0 unspecified atom stereocenters. The predicted octanol–water partition coefficient (Wildman–Crippen LogP) is 9.94. The highest BCUT2D eigenvalue weighted by atomic mass is 16.5. The van der Waals surface area contributed by atoms with Crippen molar-refractivity contribution in [2.24, 2.45) is 31.6 Å². The first-order valence-corrected chi connectivity index (χ1v) is 19.5. The van der Waals surface area contributed by atoms with Gasteiger partial charge in [-0.05, 0) is 70.4 Å². The molecule has 8 nitrogen and oxygen atoms in total. The van der Waals surface area contributed by atoms with E-state index in [1.165, 1.54) is 0 Å². The zero-order valence-electron chi connectivity index (χ0n) is 36.1. The molecule has 2 aromatic rings. The molecule has 2 amide bonds. The Balaban J connectivity index is 1.42. The van der Waals surface area contributed by atoms with Gasteiger partial charge in [-0.2, -0.15) is 0 Å². The Kier molecular flexibility index (Phi) is 12.1. The first-order valence-electron chi connectivity index (χ1n) is 19.5. The molecule has 0 fully saturated rings. The van der Waals surface area contributed by atoms with E-state index in [-0.39, 0.29) is 28.8 Å². The van der Waals surface area contributed by atoms with Crippen LogP contribution in [0.4, 0.5) is 0 Å². The molecule has 2 aliphatic rings. The lowest BCUT2D eigenvalue weighted by Crippen LogP contribution is -2.60. The summed E-state index contributed by atoms with van der Waals surface area (Å²) in [5.41, 5.74) is 4.04. The molecule has 2 aliphatic heterocycles. The van der Waals surface area contributed by atoms with Crippen LogP contribution in [0, 0.1) is 21.7 Å². The topological polar surface area (TPSA) is 112 Å². The second-order valence-corrected chi connectivity index (χ2v) is 20.0. The Morgan fingerprint density at radius 1 is 0.618 bits per heavy atom. The molecule has 2 heterocycles. The molecule has 298 valence electrons. The number of rotatable bonds is 11. The minimum atomic E-state index is -1.53. The summed E-state index contributed by atoms with van der Waals surface area (Å²) < 4.78 is 6.08. The van der Waals surface area contributed by atoms with E-state index < -0.39 is 27.9 Å². The van der Waals surface area contributed by atoms with Gasteiger partial charge in [0.2, 0.25) is 0 Å². The third-order valence-corrected chi connectivity index (χ3v) is 11.5. The van der Waals surface area contributed by atoms with Crippen molar-refractivity contribution in [3.8, 4) is 11.1 Å². The summed E-state index contributed by atoms with van der Waals surface area (Å²) in [4.78, 5) is 36.8. The lowest BCUT2D eigenvalue weighted by atomic mass is 9.75. The van der Waals surface area contributed by atoms with Crippen LogP contribution in [0.2, 0.25) is 0 Å². The number of carbonyl (C=O) groups is 2. The predicted molar refractivity (Wildman–Crippen MR) is 229 cm³/mol. The maximum absolute atomic E-state index is 13.9. The lowest BCUT2D eigenvalue weighted by Gasteiger charge is -2.42. The molecule has 0 bridgehead atoms. The van der Waals surface area contributed by atoms with E-state index in [1.807, 2.05) is 60.9 Å². The van der Waals surface area contributed by atoms with Crippen LogP contribution in [0.5, 0.6) is 0 Å². The standard InChI is InChI=1S/C47H66N4O4/c1-29(2)55-47(16,45(12,13)14)41(53)51-39(43(6,7)8)37-26-35(28-49-37)33-23-19-31(20-24-33)30-17-21-32(22-18-30)34-25-36(48-27-34)38(42(3,4)5)50-40(52)46(15,54)44(9,10)11/h17-24,27-28,38-39,54H,1,25-26H2,2-16H3,(H,50,52)(H,51,53)/t38-,39-,46+,47+/m1/s1. The summed E-state index contributed by atoms with van der Waals surface area (Å²) >= 11 is 0. The van der Waals surface area contributed by atoms with Crippen LogP contribution >= 0.6 is 0 Å². The maximum Gasteiger partial charge on any atom is 0.264 e. The van der Waals surface area contributed by atoms with Gasteiger partial charge in [-0.15, -0.1) is 0 Å². The van der Waals surface area contributed by atoms with Crippen molar-refractivity contribution in [2.45, 2.75) is 140 Å². The third kappa shape index (κ3) is 9.57. The fraction of sp³-hybridized carbons (Fsp3) is 0.532. The fourth-order valence-corrected chi connectivity index (χ4v) is 6.72. The first-order chi connectivity index (χ1) is 25.1. The molecule has 2 aromatic carbocycles. The summed E-state index contributed by atoms with van der Waals surface area (Å²) in [5, 5.41) is 17.5. The maximum atomic E-state index is 13.9. The number of amides is 2. The second kappa shape index (κ2) is 15.3. The number of nitrogens with one attached hydrogen (secondary N) is 2. The molecule has 4 atom stereocenters. The lowest BCUT2D eigenvalue weighted by molar-refractivity contribution is -0.153. The van der Waals surface area contributed by atoms with Crippen LogP contribution in [-0.4, -0.2) is 51.6 Å². The highest BCUT2D eigenvalue weighted by Crippen LogP contribution is 2.38. The number of allylic oxidation sites excluding steroid dienone is 3. The van der Waals surface area contributed by atoms with Gasteiger partial charge in [-0.25, -0.2) is 0 Å². The summed E-state index contributed by atoms with van der Waals surface area (Å²) in [5.74, 6) is -0.0793. The first kappa shape index (κ1) is 43.4. The number of carbonyl (C=O) groups excluding carboxylic acids is 2. The van der Waals surface area contributed by atoms with Gasteiger partial charge >= 0.3 is 0 Å². The Hall–Kier alpha value is -4.30. The average Bonchev–Trinajstić information content (AvgIpc) is 3.74. The smallest absolute Gasteiger partial charge is 0.264 e. The molecule has 0 aliphatic carbocycles. The van der Waals surface area contributed by atoms with Gasteiger partial charge in [-0.3, -0.25) is 19.6 Å². The van der Waals surface area contributed by atoms with Crippen molar-refractivity contribution in [3.05, 3.63) is 84.4 Å². The van der Waals surface area contributed by atoms with E-state index in [0.29, 0.717) is 18.6 Å². The summed E-state index contributed by atoms with van der Waals surface area (Å²) in [7, 11) is 0. The molecule has 0 saturated heterocycles. The molecule has 4 rings (SSSR count). The van der Waals surface area contributed by atoms with Gasteiger partial charge in [0.05, 0.1) is 17.8 Å². The zero-order chi connectivity index (χ0) is 41.5. The highest BCUT2D eigenvalue weighted by molar-refractivity contribution is 6.05. The van der Waals surface area contributed by atoms with E-state index in [4.69, 9.17) is 14.7 Å². The van der Waals surface area contributed by atoms with Gasteiger partial charge in [-0.1, -0.05) is 138 Å². The normalized spacial score (nSPS) is 18.5. The Morgan fingerprint density at radius 2 is 0.964 bits per heavy atom. The van der Waals surface area contributed by atoms with Gasteiger partial charge in [0, 0.05) is 42.1 Å². The Bertz CT molecular complexity index is 1900. The molecule has 0 radical (unpaired) electrons. The van der Waals surface area contributed by atoms with Crippen LogP contribution in [0.3, 0.4) is 0 Å². The minimum Gasteiger partial charge on any atom is -0.482 e. The quantitative estimate of drug-likeness (QED) is 0.199.